The second-order valence-corrected chi connectivity index (χ2v) is 6.22. The van der Waals surface area contributed by atoms with E-state index in [1.54, 1.807) is 0 Å². The fraction of sp³-hybridized carbons (Fsp3) is 0.562. The standard InChI is InChI=1S/C16H20ClF3N2O2/c17-14-5-4-11(16(18,19)20)9-13(14)15(24)21-6-8-22-7-2-1-3-12(22)10-23/h4-5,9,12,23H,1-3,6-8,10H2,(H,21,24). The van der Waals surface area contributed by atoms with E-state index in [0.29, 0.717) is 6.54 Å². The molecule has 1 fully saturated rings. The Morgan fingerprint density at radius 1 is 1.38 bits per heavy atom. The van der Waals surface area contributed by atoms with Gasteiger partial charge in [0.2, 0.25) is 0 Å². The molecule has 0 radical (unpaired) electrons. The minimum atomic E-state index is -4.53. The number of piperidine rings is 1. The summed E-state index contributed by atoms with van der Waals surface area (Å²) in [6.45, 7) is 1.72. The normalized spacial score (nSPS) is 19.3. The fourth-order valence-corrected chi connectivity index (χ4v) is 3.05. The molecule has 0 spiro atoms. The molecule has 1 saturated heterocycles. The number of carbonyl (C=O) groups excluding carboxylic acids is 1. The lowest BCUT2D eigenvalue weighted by Gasteiger charge is -2.34. The third kappa shape index (κ3) is 4.84. The number of hydrogen-bond acceptors (Lipinski definition) is 3. The summed E-state index contributed by atoms with van der Waals surface area (Å²) in [5.41, 5.74) is -1.10. The second-order valence-electron chi connectivity index (χ2n) is 5.82. The van der Waals surface area contributed by atoms with E-state index in [2.05, 4.69) is 10.2 Å². The van der Waals surface area contributed by atoms with Crippen LogP contribution in [0.2, 0.25) is 5.02 Å². The first-order chi connectivity index (χ1) is 11.3. The molecule has 2 rings (SSSR count). The summed E-state index contributed by atoms with van der Waals surface area (Å²) in [6, 6.07) is 2.76. The lowest BCUT2D eigenvalue weighted by molar-refractivity contribution is -0.137. The minimum Gasteiger partial charge on any atom is -0.395 e. The van der Waals surface area contributed by atoms with Gasteiger partial charge in [-0.3, -0.25) is 9.69 Å². The molecule has 0 aliphatic carbocycles. The van der Waals surface area contributed by atoms with E-state index in [0.717, 1.165) is 44.0 Å². The van der Waals surface area contributed by atoms with E-state index in [-0.39, 0.29) is 29.8 Å². The van der Waals surface area contributed by atoms with Gasteiger partial charge in [0, 0.05) is 19.1 Å². The predicted octanol–water partition coefficient (Wildman–Crippen LogP) is 2.94. The molecule has 24 heavy (non-hydrogen) atoms. The minimum absolute atomic E-state index is 0.0216. The molecular weight excluding hydrogens is 345 g/mol. The van der Waals surface area contributed by atoms with Crippen molar-refractivity contribution < 1.29 is 23.1 Å². The summed E-state index contributed by atoms with van der Waals surface area (Å²) in [5, 5.41) is 11.9. The maximum absolute atomic E-state index is 12.7. The Kier molecular flexibility index (Phi) is 6.48. The van der Waals surface area contributed by atoms with Gasteiger partial charge in [-0.15, -0.1) is 0 Å². The van der Waals surface area contributed by atoms with E-state index in [1.165, 1.54) is 0 Å². The van der Waals surface area contributed by atoms with Crippen molar-refractivity contribution in [2.75, 3.05) is 26.2 Å². The van der Waals surface area contributed by atoms with Crippen LogP contribution in [0, 0.1) is 0 Å². The molecule has 0 bridgehead atoms. The van der Waals surface area contributed by atoms with Crippen LogP contribution in [0.5, 0.6) is 0 Å². The maximum Gasteiger partial charge on any atom is 0.416 e. The van der Waals surface area contributed by atoms with Crippen molar-refractivity contribution in [2.24, 2.45) is 0 Å². The molecule has 1 atom stereocenters. The van der Waals surface area contributed by atoms with Crippen molar-refractivity contribution in [1.29, 1.82) is 0 Å². The van der Waals surface area contributed by atoms with E-state index < -0.39 is 17.6 Å². The SMILES string of the molecule is O=C(NCCN1CCCCC1CO)c1cc(C(F)(F)F)ccc1Cl. The Balaban J connectivity index is 1.95. The molecule has 1 aromatic carbocycles. The summed E-state index contributed by atoms with van der Waals surface area (Å²) in [6.07, 6.45) is -1.52. The number of hydrogen-bond donors (Lipinski definition) is 2. The zero-order valence-corrected chi connectivity index (χ0v) is 13.8. The third-order valence-electron chi connectivity index (χ3n) is 4.18. The molecule has 0 aromatic heterocycles. The van der Waals surface area contributed by atoms with Crippen LogP contribution in [0.25, 0.3) is 0 Å². The highest BCUT2D eigenvalue weighted by Gasteiger charge is 2.31. The first-order valence-corrected chi connectivity index (χ1v) is 8.20. The van der Waals surface area contributed by atoms with E-state index in [9.17, 15) is 23.1 Å². The molecule has 1 aromatic rings. The maximum atomic E-state index is 12.7. The Bertz CT molecular complexity index is 581. The van der Waals surface area contributed by atoms with E-state index >= 15 is 0 Å². The molecule has 1 amide bonds. The Morgan fingerprint density at radius 2 is 2.12 bits per heavy atom. The molecule has 0 saturated carbocycles. The Hall–Kier alpha value is -1.31. The van der Waals surface area contributed by atoms with Crippen LogP contribution < -0.4 is 5.32 Å². The van der Waals surface area contributed by atoms with Gasteiger partial charge < -0.3 is 10.4 Å². The van der Waals surface area contributed by atoms with Crippen molar-refractivity contribution in [3.05, 3.63) is 34.3 Å². The highest BCUT2D eigenvalue weighted by molar-refractivity contribution is 6.33. The first-order valence-electron chi connectivity index (χ1n) is 7.83. The quantitative estimate of drug-likeness (QED) is 0.844. The predicted molar refractivity (Wildman–Crippen MR) is 85.1 cm³/mol. The largest absolute Gasteiger partial charge is 0.416 e. The third-order valence-corrected chi connectivity index (χ3v) is 4.51. The Morgan fingerprint density at radius 3 is 2.79 bits per heavy atom. The molecule has 134 valence electrons. The molecular formula is C16H20ClF3N2O2. The molecule has 1 aliphatic rings. The summed E-state index contributed by atoms with van der Waals surface area (Å²) in [7, 11) is 0. The van der Waals surface area contributed by atoms with Crippen LogP contribution in [0.4, 0.5) is 13.2 Å². The van der Waals surface area contributed by atoms with Crippen LogP contribution in [0.1, 0.15) is 35.2 Å². The molecule has 1 aliphatic heterocycles. The molecule has 2 N–H and O–H groups in total. The Labute approximate surface area is 143 Å². The zero-order chi connectivity index (χ0) is 17.7. The topological polar surface area (TPSA) is 52.6 Å². The summed E-state index contributed by atoms with van der Waals surface area (Å²) in [4.78, 5) is 14.2. The number of nitrogens with zero attached hydrogens (tertiary/aromatic N) is 1. The number of likely N-dealkylation sites (tertiary alicyclic amines) is 1. The van der Waals surface area contributed by atoms with Gasteiger partial charge in [0.1, 0.15) is 0 Å². The van der Waals surface area contributed by atoms with E-state index in [1.807, 2.05) is 0 Å². The van der Waals surface area contributed by atoms with Gasteiger partial charge >= 0.3 is 6.18 Å². The van der Waals surface area contributed by atoms with Crippen LogP contribution in [-0.2, 0) is 6.18 Å². The molecule has 1 heterocycles. The number of aliphatic hydroxyl groups excluding tert-OH is 1. The summed E-state index contributed by atoms with van der Waals surface area (Å²) >= 11 is 5.84. The second kappa shape index (κ2) is 8.18. The number of benzene rings is 1. The van der Waals surface area contributed by atoms with E-state index in [4.69, 9.17) is 11.6 Å². The number of amides is 1. The molecule has 1 unspecified atom stereocenters. The summed E-state index contributed by atoms with van der Waals surface area (Å²) in [5.74, 6) is -0.636. The zero-order valence-electron chi connectivity index (χ0n) is 13.1. The van der Waals surface area contributed by atoms with Gasteiger partial charge in [0.25, 0.3) is 5.91 Å². The van der Waals surface area contributed by atoms with Crippen LogP contribution in [0.3, 0.4) is 0 Å². The number of carbonyl (C=O) groups is 1. The van der Waals surface area contributed by atoms with Gasteiger partial charge in [-0.1, -0.05) is 18.0 Å². The van der Waals surface area contributed by atoms with Gasteiger partial charge in [0.05, 0.1) is 22.8 Å². The average Bonchev–Trinajstić information content (AvgIpc) is 2.54. The number of aliphatic hydroxyl groups is 1. The first kappa shape index (κ1) is 19.0. The van der Waals surface area contributed by atoms with Gasteiger partial charge in [-0.25, -0.2) is 0 Å². The smallest absolute Gasteiger partial charge is 0.395 e. The lowest BCUT2D eigenvalue weighted by atomic mass is 10.0. The monoisotopic (exact) mass is 364 g/mol. The highest BCUT2D eigenvalue weighted by Crippen LogP contribution is 2.31. The highest BCUT2D eigenvalue weighted by atomic mass is 35.5. The van der Waals surface area contributed by atoms with Crippen LogP contribution in [0.15, 0.2) is 18.2 Å². The van der Waals surface area contributed by atoms with Crippen LogP contribution >= 0.6 is 11.6 Å². The molecule has 8 heteroatoms. The number of rotatable bonds is 5. The van der Waals surface area contributed by atoms with Crippen molar-refractivity contribution in [3.8, 4) is 0 Å². The van der Waals surface area contributed by atoms with Crippen molar-refractivity contribution in [2.45, 2.75) is 31.5 Å². The molecule has 4 nitrogen and oxygen atoms in total. The number of alkyl halides is 3. The fourth-order valence-electron chi connectivity index (χ4n) is 2.85. The van der Waals surface area contributed by atoms with Crippen molar-refractivity contribution >= 4 is 17.5 Å². The number of nitrogens with one attached hydrogen (secondary N) is 1. The van der Waals surface area contributed by atoms with Crippen molar-refractivity contribution in [1.82, 2.24) is 10.2 Å². The van der Waals surface area contributed by atoms with Gasteiger partial charge in [-0.2, -0.15) is 13.2 Å². The number of halogens is 4. The van der Waals surface area contributed by atoms with Crippen LogP contribution in [-0.4, -0.2) is 48.2 Å². The van der Waals surface area contributed by atoms with Crippen molar-refractivity contribution in [3.63, 3.8) is 0 Å². The van der Waals surface area contributed by atoms with Gasteiger partial charge in [-0.05, 0) is 37.6 Å². The lowest BCUT2D eigenvalue weighted by Crippen LogP contribution is -2.45. The van der Waals surface area contributed by atoms with Gasteiger partial charge in [0.15, 0.2) is 0 Å². The summed E-state index contributed by atoms with van der Waals surface area (Å²) < 4.78 is 38.2. The average molecular weight is 365 g/mol.